The number of pyridine rings is 1. The normalized spacial score (nSPS) is 12.4. The minimum atomic E-state index is 0.607. The maximum absolute atomic E-state index is 5.07. The SMILES string of the molecule is CCCCC(C)c1ccc(N(C)CCOC)nc1. The molecule has 1 aromatic rings. The summed E-state index contributed by atoms with van der Waals surface area (Å²) in [6.07, 6.45) is 5.81. The molecule has 3 heteroatoms. The summed E-state index contributed by atoms with van der Waals surface area (Å²) in [6, 6.07) is 4.30. The summed E-state index contributed by atoms with van der Waals surface area (Å²) in [5.41, 5.74) is 1.34. The van der Waals surface area contributed by atoms with Crippen molar-refractivity contribution in [2.45, 2.75) is 39.0 Å². The molecule has 1 heterocycles. The van der Waals surface area contributed by atoms with Gasteiger partial charge in [0.1, 0.15) is 5.82 Å². The highest BCUT2D eigenvalue weighted by Crippen LogP contribution is 2.22. The van der Waals surface area contributed by atoms with Gasteiger partial charge < -0.3 is 9.64 Å². The molecular formula is C15H26N2O. The fraction of sp³-hybridized carbons (Fsp3) is 0.667. The lowest BCUT2D eigenvalue weighted by atomic mass is 9.97. The van der Waals surface area contributed by atoms with E-state index >= 15 is 0 Å². The van der Waals surface area contributed by atoms with Crippen LogP contribution in [-0.4, -0.2) is 32.3 Å². The van der Waals surface area contributed by atoms with E-state index < -0.39 is 0 Å². The molecule has 0 aliphatic heterocycles. The molecule has 0 aromatic carbocycles. The summed E-state index contributed by atoms with van der Waals surface area (Å²) < 4.78 is 5.07. The van der Waals surface area contributed by atoms with Crippen molar-refractivity contribution in [2.75, 3.05) is 32.2 Å². The molecule has 0 N–H and O–H groups in total. The van der Waals surface area contributed by atoms with Crippen LogP contribution in [0.25, 0.3) is 0 Å². The molecule has 0 radical (unpaired) electrons. The number of methoxy groups -OCH3 is 1. The van der Waals surface area contributed by atoms with E-state index in [1.165, 1.54) is 24.8 Å². The quantitative estimate of drug-likeness (QED) is 0.706. The van der Waals surface area contributed by atoms with Crippen molar-refractivity contribution in [1.82, 2.24) is 4.98 Å². The van der Waals surface area contributed by atoms with Crippen molar-refractivity contribution in [2.24, 2.45) is 0 Å². The van der Waals surface area contributed by atoms with E-state index in [9.17, 15) is 0 Å². The maximum atomic E-state index is 5.07. The summed E-state index contributed by atoms with van der Waals surface area (Å²) in [4.78, 5) is 6.65. The third kappa shape index (κ3) is 4.65. The Morgan fingerprint density at radius 1 is 1.39 bits per heavy atom. The predicted octanol–water partition coefficient (Wildman–Crippen LogP) is 3.46. The van der Waals surface area contributed by atoms with Gasteiger partial charge in [-0.15, -0.1) is 0 Å². The zero-order chi connectivity index (χ0) is 13.4. The summed E-state index contributed by atoms with van der Waals surface area (Å²) in [5.74, 6) is 1.62. The van der Waals surface area contributed by atoms with Gasteiger partial charge in [0.15, 0.2) is 0 Å². The van der Waals surface area contributed by atoms with Gasteiger partial charge in [-0.25, -0.2) is 4.98 Å². The highest BCUT2D eigenvalue weighted by Gasteiger charge is 2.07. The molecule has 1 aromatic heterocycles. The predicted molar refractivity (Wildman–Crippen MR) is 77.3 cm³/mol. The molecule has 0 saturated heterocycles. The van der Waals surface area contributed by atoms with Gasteiger partial charge in [-0.3, -0.25) is 0 Å². The fourth-order valence-electron chi connectivity index (χ4n) is 1.93. The van der Waals surface area contributed by atoms with Crippen molar-refractivity contribution in [3.05, 3.63) is 23.9 Å². The molecule has 18 heavy (non-hydrogen) atoms. The van der Waals surface area contributed by atoms with Crippen LogP contribution in [0.2, 0.25) is 0 Å². The van der Waals surface area contributed by atoms with E-state index in [0.29, 0.717) is 5.92 Å². The van der Waals surface area contributed by atoms with Crippen LogP contribution in [0.3, 0.4) is 0 Å². The van der Waals surface area contributed by atoms with Crippen molar-refractivity contribution in [3.8, 4) is 0 Å². The summed E-state index contributed by atoms with van der Waals surface area (Å²) >= 11 is 0. The molecule has 0 saturated carbocycles. The van der Waals surface area contributed by atoms with Crippen LogP contribution >= 0.6 is 0 Å². The number of hydrogen-bond acceptors (Lipinski definition) is 3. The first-order valence-electron chi connectivity index (χ1n) is 6.85. The number of anilines is 1. The third-order valence-corrected chi connectivity index (χ3v) is 3.35. The van der Waals surface area contributed by atoms with E-state index in [2.05, 4.69) is 35.9 Å². The zero-order valence-corrected chi connectivity index (χ0v) is 12.1. The van der Waals surface area contributed by atoms with Crippen molar-refractivity contribution < 1.29 is 4.74 Å². The Morgan fingerprint density at radius 3 is 2.72 bits per heavy atom. The summed E-state index contributed by atoms with van der Waals surface area (Å²) in [5, 5.41) is 0. The van der Waals surface area contributed by atoms with E-state index in [4.69, 9.17) is 4.74 Å². The Bertz CT molecular complexity index is 291. The van der Waals surface area contributed by atoms with E-state index in [1.54, 1.807) is 7.11 Å². The fourth-order valence-corrected chi connectivity index (χ4v) is 1.93. The molecule has 0 fully saturated rings. The average molecular weight is 250 g/mol. The maximum Gasteiger partial charge on any atom is 0.128 e. The molecule has 3 nitrogen and oxygen atoms in total. The summed E-state index contributed by atoms with van der Waals surface area (Å²) in [7, 11) is 3.77. The number of rotatable bonds is 8. The third-order valence-electron chi connectivity index (χ3n) is 3.35. The van der Waals surface area contributed by atoms with E-state index in [1.807, 2.05) is 13.2 Å². The second kappa shape index (κ2) is 8.09. The van der Waals surface area contributed by atoms with Crippen LogP contribution in [0, 0.1) is 0 Å². The first-order valence-corrected chi connectivity index (χ1v) is 6.85. The van der Waals surface area contributed by atoms with Crippen LogP contribution in [0.5, 0.6) is 0 Å². The van der Waals surface area contributed by atoms with E-state index in [-0.39, 0.29) is 0 Å². The molecule has 1 atom stereocenters. The van der Waals surface area contributed by atoms with Crippen LogP contribution in [0.1, 0.15) is 44.6 Å². The lowest BCUT2D eigenvalue weighted by Gasteiger charge is -2.18. The second-order valence-electron chi connectivity index (χ2n) is 4.91. The smallest absolute Gasteiger partial charge is 0.128 e. The van der Waals surface area contributed by atoms with Crippen LogP contribution in [0.15, 0.2) is 18.3 Å². The minimum Gasteiger partial charge on any atom is -0.383 e. The van der Waals surface area contributed by atoms with Gasteiger partial charge in [0.25, 0.3) is 0 Å². The van der Waals surface area contributed by atoms with Gasteiger partial charge >= 0.3 is 0 Å². The Hall–Kier alpha value is -1.09. The van der Waals surface area contributed by atoms with Gasteiger partial charge in [0.05, 0.1) is 6.61 Å². The number of nitrogens with zero attached hydrogens (tertiary/aromatic N) is 2. The van der Waals surface area contributed by atoms with E-state index in [0.717, 1.165) is 19.0 Å². The molecular weight excluding hydrogens is 224 g/mol. The first-order chi connectivity index (χ1) is 8.69. The topological polar surface area (TPSA) is 25.4 Å². The molecule has 0 aliphatic carbocycles. The number of unbranched alkanes of at least 4 members (excludes halogenated alkanes) is 1. The minimum absolute atomic E-state index is 0.607. The molecule has 0 bridgehead atoms. The van der Waals surface area contributed by atoms with Crippen molar-refractivity contribution >= 4 is 5.82 Å². The Morgan fingerprint density at radius 2 is 2.17 bits per heavy atom. The zero-order valence-electron chi connectivity index (χ0n) is 12.1. The largest absolute Gasteiger partial charge is 0.383 e. The molecule has 0 amide bonds. The molecule has 1 rings (SSSR count). The number of likely N-dealkylation sites (N-methyl/N-ethyl adjacent to an activating group) is 1. The molecule has 102 valence electrons. The monoisotopic (exact) mass is 250 g/mol. The van der Waals surface area contributed by atoms with Gasteiger partial charge in [-0.1, -0.05) is 32.8 Å². The highest BCUT2D eigenvalue weighted by molar-refractivity contribution is 5.38. The highest BCUT2D eigenvalue weighted by atomic mass is 16.5. The number of aromatic nitrogens is 1. The van der Waals surface area contributed by atoms with Crippen LogP contribution in [0.4, 0.5) is 5.82 Å². The molecule has 0 aliphatic rings. The Kier molecular flexibility index (Phi) is 6.73. The average Bonchev–Trinajstić information content (AvgIpc) is 2.42. The van der Waals surface area contributed by atoms with Gasteiger partial charge in [0.2, 0.25) is 0 Å². The first kappa shape index (κ1) is 15.0. The van der Waals surface area contributed by atoms with Gasteiger partial charge in [-0.2, -0.15) is 0 Å². The summed E-state index contributed by atoms with van der Waals surface area (Å²) in [6.45, 7) is 6.11. The Labute approximate surface area is 111 Å². The van der Waals surface area contributed by atoms with Crippen molar-refractivity contribution in [1.29, 1.82) is 0 Å². The van der Waals surface area contributed by atoms with Crippen molar-refractivity contribution in [3.63, 3.8) is 0 Å². The van der Waals surface area contributed by atoms with Gasteiger partial charge in [0, 0.05) is 26.9 Å². The molecule has 0 spiro atoms. The molecule has 1 unspecified atom stereocenters. The second-order valence-corrected chi connectivity index (χ2v) is 4.91. The van der Waals surface area contributed by atoms with Crippen LogP contribution in [-0.2, 0) is 4.74 Å². The number of hydrogen-bond donors (Lipinski definition) is 0. The number of ether oxygens (including phenoxy) is 1. The Balaban J connectivity index is 2.56. The lowest BCUT2D eigenvalue weighted by Crippen LogP contribution is -2.22. The lowest BCUT2D eigenvalue weighted by molar-refractivity contribution is 0.206. The van der Waals surface area contributed by atoms with Crippen LogP contribution < -0.4 is 4.90 Å². The standard InChI is InChI=1S/C15H26N2O/c1-5-6-7-13(2)14-8-9-15(16-12-14)17(3)10-11-18-4/h8-9,12-13H,5-7,10-11H2,1-4H3. The van der Waals surface area contributed by atoms with Gasteiger partial charge in [-0.05, 0) is 24.0 Å².